The summed E-state index contributed by atoms with van der Waals surface area (Å²) in [7, 11) is 0. The zero-order chi connectivity index (χ0) is 26.2. The lowest BCUT2D eigenvalue weighted by Gasteiger charge is -2.28. The lowest BCUT2D eigenvalue weighted by molar-refractivity contribution is -0.147. The van der Waals surface area contributed by atoms with E-state index in [2.05, 4.69) is 15.2 Å². The van der Waals surface area contributed by atoms with Crippen LogP contribution in [0, 0.1) is 18.3 Å². The third kappa shape index (κ3) is 5.77. The monoisotopic (exact) mass is 520 g/mol. The summed E-state index contributed by atoms with van der Waals surface area (Å²) in [6.07, 6.45) is -4.53. The van der Waals surface area contributed by atoms with Crippen molar-refractivity contribution in [2.45, 2.75) is 25.9 Å². The number of urea groups is 1. The molecule has 2 unspecified atom stereocenters. The Hall–Kier alpha value is -3.05. The molecular formula is C26H31F3N4O4. The number of carbonyl (C=O) groups excluding carboxylic acids is 1. The van der Waals surface area contributed by atoms with E-state index in [4.69, 9.17) is 9.47 Å². The Labute approximate surface area is 213 Å². The first kappa shape index (κ1) is 25.6. The van der Waals surface area contributed by atoms with Crippen LogP contribution in [0.1, 0.15) is 18.4 Å². The molecule has 3 aliphatic rings. The second-order valence-electron chi connectivity index (χ2n) is 10.1. The van der Waals surface area contributed by atoms with E-state index in [1.54, 1.807) is 12.1 Å². The van der Waals surface area contributed by atoms with Crippen LogP contribution in [0.3, 0.4) is 0 Å². The standard InChI is InChI=1S/C26H31F3N4O4/c1-17-2-3-20(30-24(35)33-14-19-13-25(19,16-33)15-26(27,28)29)12-21(17)18-10-22(32-4-7-36-8-5-32)31-23(11-18)37-9-6-34/h2-3,10-12,19,34H,4-9,13-16H2,1H3,(H,30,35). The summed E-state index contributed by atoms with van der Waals surface area (Å²) in [5, 5.41) is 12.1. The van der Waals surface area contributed by atoms with Crippen LogP contribution in [0.25, 0.3) is 11.1 Å². The number of pyridine rings is 1. The molecule has 8 nitrogen and oxygen atoms in total. The maximum atomic E-state index is 13.0. The summed E-state index contributed by atoms with van der Waals surface area (Å²) >= 11 is 0. The number of fused-ring (bicyclic) bond motifs is 1. The van der Waals surface area contributed by atoms with Crippen LogP contribution in [-0.2, 0) is 4.74 Å². The number of aliphatic hydroxyl groups is 1. The molecule has 37 heavy (non-hydrogen) atoms. The average Bonchev–Trinajstić information content (AvgIpc) is 3.40. The molecule has 1 aromatic carbocycles. The number of aromatic nitrogens is 1. The summed E-state index contributed by atoms with van der Waals surface area (Å²) in [6, 6.07) is 8.89. The highest BCUT2D eigenvalue weighted by Crippen LogP contribution is 2.62. The minimum atomic E-state index is -4.22. The van der Waals surface area contributed by atoms with Gasteiger partial charge >= 0.3 is 12.2 Å². The van der Waals surface area contributed by atoms with Crippen molar-refractivity contribution in [3.8, 4) is 17.0 Å². The molecule has 3 fully saturated rings. The van der Waals surface area contributed by atoms with Crippen molar-refractivity contribution in [2.75, 3.05) is 62.8 Å². The van der Waals surface area contributed by atoms with Crippen LogP contribution in [0.4, 0.5) is 29.5 Å². The molecule has 2 saturated heterocycles. The number of aliphatic hydroxyl groups excluding tert-OH is 1. The molecule has 200 valence electrons. The number of nitrogens with one attached hydrogen (secondary N) is 1. The maximum Gasteiger partial charge on any atom is 0.389 e. The summed E-state index contributed by atoms with van der Waals surface area (Å²) in [5.41, 5.74) is 2.41. The second-order valence-corrected chi connectivity index (χ2v) is 10.1. The molecule has 5 rings (SSSR count). The lowest BCUT2D eigenvalue weighted by Crippen LogP contribution is -2.36. The number of aryl methyl sites for hydroxylation is 1. The Morgan fingerprint density at radius 2 is 2.05 bits per heavy atom. The van der Waals surface area contributed by atoms with Crippen LogP contribution in [-0.4, -0.2) is 79.8 Å². The molecular weight excluding hydrogens is 489 g/mol. The topological polar surface area (TPSA) is 87.2 Å². The van der Waals surface area contributed by atoms with Gasteiger partial charge in [0.15, 0.2) is 0 Å². The van der Waals surface area contributed by atoms with Crippen LogP contribution in [0.15, 0.2) is 30.3 Å². The Morgan fingerprint density at radius 1 is 1.27 bits per heavy atom. The number of piperidine rings is 1. The quantitative estimate of drug-likeness (QED) is 0.573. The van der Waals surface area contributed by atoms with Crippen molar-refractivity contribution in [3.63, 3.8) is 0 Å². The van der Waals surface area contributed by atoms with Crippen LogP contribution >= 0.6 is 0 Å². The van der Waals surface area contributed by atoms with Gasteiger partial charge < -0.3 is 29.7 Å². The first-order chi connectivity index (χ1) is 17.7. The fourth-order valence-electron chi connectivity index (χ4n) is 5.46. The minimum Gasteiger partial charge on any atom is -0.475 e. The number of anilines is 2. The molecule has 2 amide bonds. The van der Waals surface area contributed by atoms with Crippen LogP contribution < -0.4 is 15.0 Å². The number of nitrogens with zero attached hydrogens (tertiary/aromatic N) is 3. The molecule has 1 aromatic heterocycles. The van der Waals surface area contributed by atoms with E-state index in [-0.39, 0.29) is 31.7 Å². The maximum absolute atomic E-state index is 13.0. The summed E-state index contributed by atoms with van der Waals surface area (Å²) in [5.74, 6) is 1.03. The van der Waals surface area contributed by atoms with Gasteiger partial charge in [0.25, 0.3) is 0 Å². The Morgan fingerprint density at radius 3 is 2.78 bits per heavy atom. The van der Waals surface area contributed by atoms with Gasteiger partial charge in [-0.1, -0.05) is 6.07 Å². The molecule has 1 saturated carbocycles. The molecule has 0 bridgehead atoms. The number of hydrogen-bond acceptors (Lipinski definition) is 6. The van der Waals surface area contributed by atoms with Gasteiger partial charge in [0.2, 0.25) is 5.88 Å². The third-order valence-electron chi connectivity index (χ3n) is 7.41. The molecule has 2 aliphatic heterocycles. The number of rotatable bonds is 7. The number of amides is 2. The number of halogens is 3. The largest absolute Gasteiger partial charge is 0.475 e. The predicted octanol–water partition coefficient (Wildman–Crippen LogP) is 4.07. The number of likely N-dealkylation sites (tertiary alicyclic amines) is 1. The van der Waals surface area contributed by atoms with Crippen molar-refractivity contribution < 1.29 is 32.5 Å². The smallest absolute Gasteiger partial charge is 0.389 e. The highest BCUT2D eigenvalue weighted by atomic mass is 19.4. The zero-order valence-electron chi connectivity index (χ0n) is 20.7. The molecule has 3 heterocycles. The highest BCUT2D eigenvalue weighted by Gasteiger charge is 2.64. The number of hydrogen-bond donors (Lipinski definition) is 2. The summed E-state index contributed by atoms with van der Waals surface area (Å²) in [4.78, 5) is 21.1. The van der Waals surface area contributed by atoms with Crippen molar-refractivity contribution in [2.24, 2.45) is 11.3 Å². The number of morpholine rings is 1. The summed E-state index contributed by atoms with van der Waals surface area (Å²) < 4.78 is 50.0. The number of benzene rings is 1. The number of carbonyl (C=O) groups is 1. The van der Waals surface area contributed by atoms with Gasteiger partial charge in [-0.05, 0) is 54.2 Å². The number of ether oxygens (including phenoxy) is 2. The molecule has 1 aliphatic carbocycles. The Kier molecular flexibility index (Phi) is 6.93. The van der Waals surface area contributed by atoms with Crippen LogP contribution in [0.2, 0.25) is 0 Å². The summed E-state index contributed by atoms with van der Waals surface area (Å²) in [6.45, 7) is 4.98. The van der Waals surface area contributed by atoms with E-state index in [1.807, 2.05) is 25.1 Å². The van der Waals surface area contributed by atoms with Crippen LogP contribution in [0.5, 0.6) is 5.88 Å². The molecule has 0 radical (unpaired) electrons. The molecule has 11 heteroatoms. The van der Waals surface area contributed by atoms with E-state index in [1.165, 1.54) is 4.90 Å². The Bertz CT molecular complexity index is 1160. The molecule has 2 atom stereocenters. The van der Waals surface area contributed by atoms with Gasteiger partial charge in [-0.25, -0.2) is 4.79 Å². The van der Waals surface area contributed by atoms with E-state index < -0.39 is 18.0 Å². The average molecular weight is 521 g/mol. The SMILES string of the molecule is Cc1ccc(NC(=O)N2CC3CC3(CC(F)(F)F)C2)cc1-c1cc(OCCO)nc(N2CCOCC2)c1. The van der Waals surface area contributed by atoms with E-state index >= 15 is 0 Å². The lowest BCUT2D eigenvalue weighted by atomic mass is 10.00. The number of alkyl halides is 3. The van der Waals surface area contributed by atoms with Crippen molar-refractivity contribution in [1.29, 1.82) is 0 Å². The predicted molar refractivity (Wildman–Crippen MR) is 132 cm³/mol. The molecule has 2 aromatic rings. The van der Waals surface area contributed by atoms with Gasteiger partial charge in [-0.3, -0.25) is 0 Å². The van der Waals surface area contributed by atoms with E-state index in [9.17, 15) is 23.1 Å². The first-order valence-corrected chi connectivity index (χ1v) is 12.5. The van der Waals surface area contributed by atoms with Crippen molar-refractivity contribution >= 4 is 17.5 Å². The van der Waals surface area contributed by atoms with Crippen molar-refractivity contribution in [1.82, 2.24) is 9.88 Å². The molecule has 2 N–H and O–H groups in total. The van der Waals surface area contributed by atoms with Gasteiger partial charge in [0.1, 0.15) is 12.4 Å². The normalized spacial score (nSPS) is 23.1. The second kappa shape index (κ2) is 10.0. The fourth-order valence-corrected chi connectivity index (χ4v) is 5.46. The minimum absolute atomic E-state index is 0.0822. The van der Waals surface area contributed by atoms with E-state index in [0.29, 0.717) is 50.8 Å². The first-order valence-electron chi connectivity index (χ1n) is 12.5. The van der Waals surface area contributed by atoms with Gasteiger partial charge in [-0.2, -0.15) is 18.2 Å². The van der Waals surface area contributed by atoms with Gasteiger partial charge in [0.05, 0.1) is 26.2 Å². The Balaban J connectivity index is 1.35. The molecule has 0 spiro atoms. The fraction of sp³-hybridized carbons (Fsp3) is 0.538. The third-order valence-corrected chi connectivity index (χ3v) is 7.41. The van der Waals surface area contributed by atoms with Gasteiger partial charge in [-0.15, -0.1) is 0 Å². The highest BCUT2D eigenvalue weighted by molar-refractivity contribution is 5.91. The van der Waals surface area contributed by atoms with Gasteiger partial charge in [0, 0.05) is 43.3 Å². The zero-order valence-corrected chi connectivity index (χ0v) is 20.7. The van der Waals surface area contributed by atoms with Crippen molar-refractivity contribution in [3.05, 3.63) is 35.9 Å². The van der Waals surface area contributed by atoms with E-state index in [0.717, 1.165) is 22.5 Å².